The Hall–Kier alpha value is -1.38. The van der Waals surface area contributed by atoms with Crippen molar-refractivity contribution in [2.24, 2.45) is 5.73 Å². The second-order valence-corrected chi connectivity index (χ2v) is 7.06. The van der Waals surface area contributed by atoms with Gasteiger partial charge >= 0.3 is 0 Å². The summed E-state index contributed by atoms with van der Waals surface area (Å²) in [7, 11) is -2.40. The molecule has 1 aromatic heterocycles. The van der Waals surface area contributed by atoms with Gasteiger partial charge in [0.1, 0.15) is 0 Å². The van der Waals surface area contributed by atoms with E-state index in [4.69, 9.17) is 10.2 Å². The lowest BCUT2D eigenvalue weighted by Gasteiger charge is -2.37. The Balaban J connectivity index is 2.23. The average molecular weight is 315 g/mol. The molecule has 0 saturated carbocycles. The van der Waals surface area contributed by atoms with Crippen molar-refractivity contribution in [3.05, 3.63) is 17.9 Å². The summed E-state index contributed by atoms with van der Waals surface area (Å²) in [5.74, 6) is -0.286. The molecule has 21 heavy (non-hydrogen) atoms. The van der Waals surface area contributed by atoms with Gasteiger partial charge in [-0.25, -0.2) is 13.1 Å². The molecule has 1 fully saturated rings. The van der Waals surface area contributed by atoms with E-state index in [0.717, 1.165) is 19.3 Å². The Labute approximate surface area is 124 Å². The highest BCUT2D eigenvalue weighted by Gasteiger charge is 2.32. The van der Waals surface area contributed by atoms with Crippen LogP contribution in [0.2, 0.25) is 0 Å². The molecular formula is C13H21N3O4S. The van der Waals surface area contributed by atoms with Gasteiger partial charge in [0.05, 0.1) is 0 Å². The first-order chi connectivity index (χ1) is 9.86. The fourth-order valence-electron chi connectivity index (χ4n) is 2.58. The van der Waals surface area contributed by atoms with Gasteiger partial charge in [-0.15, -0.1) is 0 Å². The van der Waals surface area contributed by atoms with Gasteiger partial charge in [0, 0.05) is 18.6 Å². The third-order valence-corrected chi connectivity index (χ3v) is 5.03. The van der Waals surface area contributed by atoms with Gasteiger partial charge in [-0.2, -0.15) is 0 Å². The molecule has 1 aromatic rings. The minimum absolute atomic E-state index is 0.0244. The number of sulfonamides is 1. The van der Waals surface area contributed by atoms with E-state index < -0.39 is 10.0 Å². The molecule has 1 saturated heterocycles. The fourth-order valence-corrected chi connectivity index (χ4v) is 3.23. The van der Waals surface area contributed by atoms with Gasteiger partial charge in [-0.05, 0) is 45.4 Å². The molecule has 2 atom stereocenters. The minimum atomic E-state index is -3.68. The lowest BCUT2D eigenvalue weighted by atomic mass is 9.96. The molecule has 7 nitrogen and oxygen atoms in total. The van der Waals surface area contributed by atoms with Crippen LogP contribution >= 0.6 is 0 Å². The van der Waals surface area contributed by atoms with Crippen molar-refractivity contribution in [2.75, 3.05) is 13.6 Å². The van der Waals surface area contributed by atoms with E-state index in [0.29, 0.717) is 6.54 Å². The number of hydrogen-bond acceptors (Lipinski definition) is 5. The van der Waals surface area contributed by atoms with Crippen LogP contribution < -0.4 is 10.5 Å². The summed E-state index contributed by atoms with van der Waals surface area (Å²) in [6, 6.07) is 2.49. The molecule has 3 N–H and O–H groups in total. The van der Waals surface area contributed by atoms with Crippen molar-refractivity contribution in [1.29, 1.82) is 0 Å². The highest BCUT2D eigenvalue weighted by atomic mass is 32.2. The van der Waals surface area contributed by atoms with Gasteiger partial charge < -0.3 is 15.1 Å². The van der Waals surface area contributed by atoms with E-state index in [9.17, 15) is 13.2 Å². The number of carbonyl (C=O) groups is 1. The first kappa shape index (κ1) is 16.0. The number of nitrogens with two attached hydrogens (primary N) is 1. The van der Waals surface area contributed by atoms with Crippen LogP contribution in [0.3, 0.4) is 0 Å². The Bertz CT molecular complexity index is 609. The number of piperidine rings is 1. The molecule has 2 unspecified atom stereocenters. The number of hydrogen-bond donors (Lipinski definition) is 2. The zero-order valence-corrected chi connectivity index (χ0v) is 13.0. The number of amides is 1. The fraction of sp³-hybridized carbons (Fsp3) is 0.615. The van der Waals surface area contributed by atoms with Gasteiger partial charge in [0.2, 0.25) is 5.09 Å². The molecule has 8 heteroatoms. The van der Waals surface area contributed by atoms with Crippen molar-refractivity contribution in [3.63, 3.8) is 0 Å². The number of carbonyl (C=O) groups excluding carboxylic acids is 1. The smallest absolute Gasteiger partial charge is 0.289 e. The molecule has 0 radical (unpaired) electrons. The summed E-state index contributed by atoms with van der Waals surface area (Å²) < 4.78 is 30.6. The summed E-state index contributed by atoms with van der Waals surface area (Å²) in [6.45, 7) is 2.48. The summed E-state index contributed by atoms with van der Waals surface area (Å²) >= 11 is 0. The van der Waals surface area contributed by atoms with Gasteiger partial charge in [-0.3, -0.25) is 4.79 Å². The van der Waals surface area contributed by atoms with Crippen molar-refractivity contribution in [1.82, 2.24) is 9.62 Å². The summed E-state index contributed by atoms with van der Waals surface area (Å²) in [4.78, 5) is 14.2. The van der Waals surface area contributed by atoms with Crippen LogP contribution in [0.25, 0.3) is 0 Å². The normalized spacial score (nSPS) is 21.3. The third-order valence-electron chi connectivity index (χ3n) is 3.74. The molecule has 0 aromatic carbocycles. The Morgan fingerprint density at radius 2 is 2.19 bits per heavy atom. The molecule has 1 amide bonds. The molecular weight excluding hydrogens is 294 g/mol. The van der Waals surface area contributed by atoms with Crippen LogP contribution in [0.5, 0.6) is 0 Å². The number of likely N-dealkylation sites (tertiary alicyclic amines) is 1. The first-order valence-corrected chi connectivity index (χ1v) is 8.45. The van der Waals surface area contributed by atoms with Crippen LogP contribution in [-0.4, -0.2) is 44.9 Å². The molecule has 118 valence electrons. The van der Waals surface area contributed by atoms with Gasteiger partial charge in [0.25, 0.3) is 15.9 Å². The first-order valence-electron chi connectivity index (χ1n) is 6.96. The number of nitrogens with one attached hydrogen (secondary N) is 1. The maximum atomic E-state index is 12.5. The molecule has 1 aliphatic rings. The highest BCUT2D eigenvalue weighted by Crippen LogP contribution is 2.23. The van der Waals surface area contributed by atoms with Crippen LogP contribution in [0.1, 0.15) is 36.7 Å². The molecule has 2 heterocycles. The van der Waals surface area contributed by atoms with E-state index >= 15 is 0 Å². The maximum absolute atomic E-state index is 12.5. The standard InChI is InChI=1S/C13H21N3O4S/c1-9(14)10-5-3-4-8-16(10)13(17)11-6-7-12(20-11)21(18,19)15-2/h6-7,9-10,15H,3-5,8,14H2,1-2H3. The Morgan fingerprint density at radius 3 is 2.81 bits per heavy atom. The predicted molar refractivity (Wildman–Crippen MR) is 77.3 cm³/mol. The second-order valence-electron chi connectivity index (χ2n) is 5.25. The summed E-state index contributed by atoms with van der Waals surface area (Å²) in [5, 5.41) is -0.261. The minimum Gasteiger partial charge on any atom is -0.438 e. The largest absolute Gasteiger partial charge is 0.438 e. The van der Waals surface area contributed by atoms with Crippen LogP contribution in [0, 0.1) is 0 Å². The van der Waals surface area contributed by atoms with E-state index in [1.165, 1.54) is 19.2 Å². The predicted octanol–water partition coefficient (Wildman–Crippen LogP) is 0.530. The number of rotatable bonds is 4. The molecule has 0 spiro atoms. The SMILES string of the molecule is CNS(=O)(=O)c1ccc(C(=O)N2CCCCC2C(C)N)o1. The molecule has 0 aliphatic carbocycles. The van der Waals surface area contributed by atoms with Crippen molar-refractivity contribution in [3.8, 4) is 0 Å². The average Bonchev–Trinajstić information content (AvgIpc) is 2.97. The van der Waals surface area contributed by atoms with Crippen LogP contribution in [0.15, 0.2) is 21.6 Å². The van der Waals surface area contributed by atoms with Crippen LogP contribution in [-0.2, 0) is 10.0 Å². The van der Waals surface area contributed by atoms with E-state index in [2.05, 4.69) is 4.72 Å². The summed E-state index contributed by atoms with van der Waals surface area (Å²) in [5.41, 5.74) is 5.94. The monoisotopic (exact) mass is 315 g/mol. The zero-order valence-electron chi connectivity index (χ0n) is 12.2. The molecule has 1 aliphatic heterocycles. The van der Waals surface area contributed by atoms with E-state index in [-0.39, 0.29) is 28.8 Å². The van der Waals surface area contributed by atoms with Crippen molar-refractivity contribution < 1.29 is 17.6 Å². The Morgan fingerprint density at radius 1 is 1.48 bits per heavy atom. The van der Waals surface area contributed by atoms with Crippen molar-refractivity contribution >= 4 is 15.9 Å². The van der Waals surface area contributed by atoms with Crippen LogP contribution in [0.4, 0.5) is 0 Å². The molecule has 2 rings (SSSR count). The zero-order chi connectivity index (χ0) is 15.6. The summed E-state index contributed by atoms with van der Waals surface area (Å²) in [6.07, 6.45) is 2.80. The Kier molecular flexibility index (Phi) is 4.70. The third kappa shape index (κ3) is 3.28. The highest BCUT2D eigenvalue weighted by molar-refractivity contribution is 7.89. The second kappa shape index (κ2) is 6.17. The molecule has 0 bridgehead atoms. The van der Waals surface area contributed by atoms with Gasteiger partial charge in [-0.1, -0.05) is 0 Å². The van der Waals surface area contributed by atoms with E-state index in [1.807, 2.05) is 6.92 Å². The lowest BCUT2D eigenvalue weighted by molar-refractivity contribution is 0.0546. The topological polar surface area (TPSA) is 106 Å². The number of furan rings is 1. The van der Waals surface area contributed by atoms with Crippen molar-refractivity contribution in [2.45, 2.75) is 43.4 Å². The van der Waals surface area contributed by atoms with Gasteiger partial charge in [0.15, 0.2) is 5.76 Å². The van der Waals surface area contributed by atoms with E-state index in [1.54, 1.807) is 4.90 Å². The quantitative estimate of drug-likeness (QED) is 0.843. The maximum Gasteiger partial charge on any atom is 0.289 e. The lowest BCUT2D eigenvalue weighted by Crippen LogP contribution is -2.51. The number of nitrogens with zero attached hydrogens (tertiary/aromatic N) is 1.